The second kappa shape index (κ2) is 8.41. The Morgan fingerprint density at radius 1 is 1.11 bits per heavy atom. The number of nitrogens with two attached hydrogens (primary N) is 1. The number of phenolic OH excluding ortho intramolecular Hbond substituents is 1. The van der Waals surface area contributed by atoms with Gasteiger partial charge in [0.25, 0.3) is 0 Å². The largest absolute Gasteiger partial charge is 0.507 e. The lowest BCUT2D eigenvalue weighted by atomic mass is 10.1. The number of phenols is 1. The van der Waals surface area contributed by atoms with Crippen LogP contribution in [0.5, 0.6) is 17.2 Å². The smallest absolute Gasteiger partial charge is 0.184 e. The van der Waals surface area contributed by atoms with Gasteiger partial charge in [-0.3, -0.25) is 5.10 Å². The van der Waals surface area contributed by atoms with Gasteiger partial charge in [0.05, 0.1) is 24.8 Å². The summed E-state index contributed by atoms with van der Waals surface area (Å²) in [7, 11) is 0. The summed E-state index contributed by atoms with van der Waals surface area (Å²) in [4.78, 5) is 4.45. The second-order valence-corrected chi connectivity index (χ2v) is 6.67. The number of benzene rings is 2. The van der Waals surface area contributed by atoms with Crippen LogP contribution in [-0.2, 0) is 0 Å². The summed E-state index contributed by atoms with van der Waals surface area (Å²) < 4.78 is 12.1. The quantitative estimate of drug-likeness (QED) is 0.524. The highest BCUT2D eigenvalue weighted by molar-refractivity contribution is 9.10. The van der Waals surface area contributed by atoms with Crippen molar-refractivity contribution in [1.82, 2.24) is 15.2 Å². The molecule has 0 amide bonds. The Bertz CT molecular complexity index is 929. The molecular weight excluding hydrogens is 412 g/mol. The van der Waals surface area contributed by atoms with Crippen LogP contribution >= 0.6 is 15.9 Å². The molecular formula is C19H21BrN4O3. The first-order valence-corrected chi connectivity index (χ1v) is 9.39. The van der Waals surface area contributed by atoms with Crippen LogP contribution in [0.25, 0.3) is 11.4 Å². The van der Waals surface area contributed by atoms with Crippen LogP contribution < -0.4 is 15.2 Å². The lowest BCUT2D eigenvalue weighted by Crippen LogP contribution is -2.14. The zero-order chi connectivity index (χ0) is 19.4. The molecule has 4 N–H and O–H groups in total. The zero-order valence-electron chi connectivity index (χ0n) is 15.1. The van der Waals surface area contributed by atoms with E-state index in [9.17, 15) is 5.11 Å². The van der Waals surface area contributed by atoms with Gasteiger partial charge in [-0.05, 0) is 49.7 Å². The van der Waals surface area contributed by atoms with Gasteiger partial charge in [-0.15, -0.1) is 0 Å². The summed E-state index contributed by atoms with van der Waals surface area (Å²) in [6.45, 7) is 4.90. The van der Waals surface area contributed by atoms with E-state index in [4.69, 9.17) is 15.2 Å². The third-order valence-corrected chi connectivity index (χ3v) is 4.42. The molecule has 1 aromatic heterocycles. The van der Waals surface area contributed by atoms with Crippen molar-refractivity contribution in [3.05, 3.63) is 52.3 Å². The Hall–Kier alpha value is -2.58. The van der Waals surface area contributed by atoms with Crippen LogP contribution in [-0.4, -0.2) is 33.5 Å². The highest BCUT2D eigenvalue weighted by atomic mass is 79.9. The summed E-state index contributed by atoms with van der Waals surface area (Å²) in [6.07, 6.45) is 0. The fraction of sp³-hybridized carbons (Fsp3) is 0.263. The van der Waals surface area contributed by atoms with Crippen LogP contribution in [0.15, 0.2) is 40.9 Å². The second-order valence-electron chi connectivity index (χ2n) is 5.76. The molecule has 0 saturated heterocycles. The number of hydrogen-bond donors (Lipinski definition) is 3. The molecule has 8 heteroatoms. The molecule has 2 aromatic carbocycles. The molecule has 0 aliphatic rings. The van der Waals surface area contributed by atoms with Gasteiger partial charge in [0.15, 0.2) is 17.3 Å². The third-order valence-electron chi connectivity index (χ3n) is 3.92. The van der Waals surface area contributed by atoms with E-state index >= 15 is 0 Å². The molecule has 3 aromatic rings. The highest BCUT2D eigenvalue weighted by Crippen LogP contribution is 2.33. The predicted molar refractivity (Wildman–Crippen MR) is 106 cm³/mol. The van der Waals surface area contributed by atoms with E-state index in [2.05, 4.69) is 31.1 Å². The maximum Gasteiger partial charge on any atom is 0.184 e. The Labute approximate surface area is 165 Å². The number of H-pyrrole nitrogens is 1. The maximum absolute atomic E-state index is 10.1. The number of aromatic amines is 1. The van der Waals surface area contributed by atoms with Crippen molar-refractivity contribution in [3.8, 4) is 28.6 Å². The number of rotatable bonds is 7. The molecule has 0 saturated carbocycles. The predicted octanol–water partition coefficient (Wildman–Crippen LogP) is 3.79. The summed E-state index contributed by atoms with van der Waals surface area (Å²) >= 11 is 3.38. The van der Waals surface area contributed by atoms with Crippen molar-refractivity contribution in [2.75, 3.05) is 13.2 Å². The standard InChI is InChI=1S/C19H21BrN4O3/c1-3-26-15-8-5-11(9-16(15)27-4-2)17(21)19-22-18(23-24-19)13-10-12(20)6-7-14(13)25/h5-10,17,25H,3-4,21H2,1-2H3,(H,22,23,24). The fourth-order valence-corrected chi connectivity index (χ4v) is 3.00. The summed E-state index contributed by atoms with van der Waals surface area (Å²) in [5, 5.41) is 17.1. The van der Waals surface area contributed by atoms with Crippen molar-refractivity contribution in [2.45, 2.75) is 19.9 Å². The van der Waals surface area contributed by atoms with E-state index in [0.29, 0.717) is 41.9 Å². The Morgan fingerprint density at radius 3 is 2.59 bits per heavy atom. The van der Waals surface area contributed by atoms with Crippen molar-refractivity contribution in [3.63, 3.8) is 0 Å². The van der Waals surface area contributed by atoms with Crippen molar-refractivity contribution in [1.29, 1.82) is 0 Å². The Morgan fingerprint density at radius 2 is 1.85 bits per heavy atom. The van der Waals surface area contributed by atoms with Gasteiger partial charge >= 0.3 is 0 Å². The third kappa shape index (κ3) is 4.23. The van der Waals surface area contributed by atoms with Crippen LogP contribution in [0, 0.1) is 0 Å². The Kier molecular flexibility index (Phi) is 5.98. The molecule has 0 aliphatic carbocycles. The van der Waals surface area contributed by atoms with Gasteiger partial charge in [0.1, 0.15) is 11.6 Å². The van der Waals surface area contributed by atoms with E-state index < -0.39 is 6.04 Å². The average molecular weight is 433 g/mol. The molecule has 0 spiro atoms. The SMILES string of the molecule is CCOc1ccc(C(N)c2nc(-c3cc(Br)ccc3O)n[nH]2)cc1OCC. The average Bonchev–Trinajstić information content (AvgIpc) is 3.15. The molecule has 1 atom stereocenters. The van der Waals surface area contributed by atoms with Crippen molar-refractivity contribution >= 4 is 15.9 Å². The molecule has 0 radical (unpaired) electrons. The number of aromatic nitrogens is 3. The molecule has 142 valence electrons. The Balaban J connectivity index is 1.90. The van der Waals surface area contributed by atoms with Crippen LogP contribution in [0.1, 0.15) is 31.3 Å². The van der Waals surface area contributed by atoms with E-state index in [1.807, 2.05) is 32.0 Å². The maximum atomic E-state index is 10.1. The molecule has 3 rings (SSSR count). The molecule has 0 fully saturated rings. The minimum Gasteiger partial charge on any atom is -0.507 e. The lowest BCUT2D eigenvalue weighted by molar-refractivity contribution is 0.287. The number of nitrogens with zero attached hydrogens (tertiary/aromatic N) is 2. The van der Waals surface area contributed by atoms with E-state index in [1.165, 1.54) is 0 Å². The van der Waals surface area contributed by atoms with Crippen molar-refractivity contribution < 1.29 is 14.6 Å². The van der Waals surface area contributed by atoms with E-state index in [-0.39, 0.29) is 5.75 Å². The molecule has 1 heterocycles. The summed E-state index contributed by atoms with van der Waals surface area (Å²) in [5.74, 6) is 2.26. The molecule has 7 nitrogen and oxygen atoms in total. The monoisotopic (exact) mass is 432 g/mol. The zero-order valence-corrected chi connectivity index (χ0v) is 16.7. The van der Waals surface area contributed by atoms with E-state index in [1.54, 1.807) is 18.2 Å². The van der Waals surface area contributed by atoms with Gasteiger partial charge in [-0.2, -0.15) is 5.10 Å². The summed E-state index contributed by atoms with van der Waals surface area (Å²) in [5.41, 5.74) is 7.69. The van der Waals surface area contributed by atoms with Crippen molar-refractivity contribution in [2.24, 2.45) is 5.73 Å². The highest BCUT2D eigenvalue weighted by Gasteiger charge is 2.18. The molecule has 0 aliphatic heterocycles. The molecule has 1 unspecified atom stereocenters. The lowest BCUT2D eigenvalue weighted by Gasteiger charge is -2.14. The van der Waals surface area contributed by atoms with E-state index in [0.717, 1.165) is 10.0 Å². The van der Waals surface area contributed by atoms with Gasteiger partial charge in [-0.1, -0.05) is 22.0 Å². The minimum atomic E-state index is -0.532. The number of hydrogen-bond acceptors (Lipinski definition) is 6. The number of nitrogens with one attached hydrogen (secondary N) is 1. The molecule has 27 heavy (non-hydrogen) atoms. The van der Waals surface area contributed by atoms with Gasteiger partial charge in [0, 0.05) is 4.47 Å². The van der Waals surface area contributed by atoms with Gasteiger partial charge < -0.3 is 20.3 Å². The topological polar surface area (TPSA) is 106 Å². The fourth-order valence-electron chi connectivity index (χ4n) is 2.64. The van der Waals surface area contributed by atoms with Gasteiger partial charge in [0.2, 0.25) is 0 Å². The normalized spacial score (nSPS) is 12.0. The number of ether oxygens (including phenoxy) is 2. The number of halogens is 1. The van der Waals surface area contributed by atoms with Crippen LogP contribution in [0.3, 0.4) is 0 Å². The first kappa shape index (κ1) is 19.2. The first-order chi connectivity index (χ1) is 13.0. The van der Waals surface area contributed by atoms with Crippen LogP contribution in [0.2, 0.25) is 0 Å². The number of aromatic hydroxyl groups is 1. The minimum absolute atomic E-state index is 0.0945. The first-order valence-electron chi connectivity index (χ1n) is 8.59. The van der Waals surface area contributed by atoms with Gasteiger partial charge in [-0.25, -0.2) is 4.98 Å². The van der Waals surface area contributed by atoms with Crippen LogP contribution in [0.4, 0.5) is 0 Å². The summed E-state index contributed by atoms with van der Waals surface area (Å²) in [6, 6.07) is 10.1. The molecule has 0 bridgehead atoms.